The number of benzene rings is 2. The maximum absolute atomic E-state index is 6.03. The summed E-state index contributed by atoms with van der Waals surface area (Å²) in [6.07, 6.45) is 1.10. The van der Waals surface area contributed by atoms with Crippen LogP contribution in [0.15, 0.2) is 36.4 Å². The van der Waals surface area contributed by atoms with Gasteiger partial charge in [0.15, 0.2) is 11.5 Å². The van der Waals surface area contributed by atoms with Crippen LogP contribution >= 0.6 is 23.2 Å². The molecule has 0 heterocycles. The molecule has 0 radical (unpaired) electrons. The van der Waals surface area contributed by atoms with Gasteiger partial charge in [0, 0.05) is 12.6 Å². The number of nitrogens with one attached hydrogen (secondary N) is 1. The van der Waals surface area contributed by atoms with E-state index in [1.54, 1.807) is 19.2 Å². The van der Waals surface area contributed by atoms with Gasteiger partial charge in [-0.05, 0) is 48.7 Å². The molecule has 0 aliphatic heterocycles. The molecule has 2 aromatic rings. The molecule has 2 rings (SSSR count). The van der Waals surface area contributed by atoms with Crippen LogP contribution in [-0.2, 0) is 13.2 Å². The first-order chi connectivity index (χ1) is 11.5. The standard InChI is InChI=1S/C19H23Cl2NO2/c1-4-13(2)22-11-14-6-8-18(19(10-14)23-3)24-12-15-5-7-16(20)17(21)9-15/h5-10,13,22H,4,11-12H2,1-3H3. The lowest BCUT2D eigenvalue weighted by Crippen LogP contribution is -2.24. The highest BCUT2D eigenvalue weighted by Crippen LogP contribution is 2.29. The van der Waals surface area contributed by atoms with Gasteiger partial charge >= 0.3 is 0 Å². The van der Waals surface area contributed by atoms with E-state index in [9.17, 15) is 0 Å². The maximum Gasteiger partial charge on any atom is 0.161 e. The Morgan fingerprint density at radius 1 is 1.00 bits per heavy atom. The molecule has 0 fully saturated rings. The van der Waals surface area contributed by atoms with E-state index < -0.39 is 0 Å². The molecule has 3 nitrogen and oxygen atoms in total. The van der Waals surface area contributed by atoms with Gasteiger partial charge in [0.2, 0.25) is 0 Å². The van der Waals surface area contributed by atoms with Gasteiger partial charge in [-0.2, -0.15) is 0 Å². The van der Waals surface area contributed by atoms with Crippen molar-refractivity contribution in [2.45, 2.75) is 39.5 Å². The van der Waals surface area contributed by atoms with Crippen molar-refractivity contribution in [3.05, 3.63) is 57.6 Å². The quantitative estimate of drug-likeness (QED) is 0.670. The first-order valence-corrected chi connectivity index (χ1v) is 8.76. The molecular formula is C19H23Cl2NO2. The van der Waals surface area contributed by atoms with Gasteiger partial charge in [0.05, 0.1) is 17.2 Å². The Hall–Kier alpha value is -1.42. The zero-order valence-corrected chi connectivity index (χ0v) is 15.7. The van der Waals surface area contributed by atoms with E-state index in [1.165, 1.54) is 0 Å². The van der Waals surface area contributed by atoms with Crippen LogP contribution in [0.25, 0.3) is 0 Å². The van der Waals surface area contributed by atoms with E-state index in [1.807, 2.05) is 24.3 Å². The average molecular weight is 368 g/mol. The van der Waals surface area contributed by atoms with Gasteiger partial charge in [-0.15, -0.1) is 0 Å². The highest BCUT2D eigenvalue weighted by Gasteiger charge is 2.08. The maximum atomic E-state index is 6.03. The van der Waals surface area contributed by atoms with Crippen molar-refractivity contribution in [2.24, 2.45) is 0 Å². The van der Waals surface area contributed by atoms with Crippen molar-refractivity contribution < 1.29 is 9.47 Å². The third-order valence-corrected chi connectivity index (χ3v) is 4.61. The SMILES string of the molecule is CCC(C)NCc1ccc(OCc2ccc(Cl)c(Cl)c2)c(OC)c1. The summed E-state index contributed by atoms with van der Waals surface area (Å²) in [6, 6.07) is 11.9. The third-order valence-electron chi connectivity index (χ3n) is 3.87. The fraction of sp³-hybridized carbons (Fsp3) is 0.368. The number of hydrogen-bond acceptors (Lipinski definition) is 3. The molecule has 0 saturated carbocycles. The van der Waals surface area contributed by atoms with Gasteiger partial charge < -0.3 is 14.8 Å². The summed E-state index contributed by atoms with van der Waals surface area (Å²) in [5, 5.41) is 4.53. The van der Waals surface area contributed by atoms with Crippen LogP contribution in [-0.4, -0.2) is 13.2 Å². The zero-order chi connectivity index (χ0) is 17.5. The Labute approximate surface area is 153 Å². The first-order valence-electron chi connectivity index (χ1n) is 8.00. The van der Waals surface area contributed by atoms with Crippen molar-refractivity contribution in [2.75, 3.05) is 7.11 Å². The molecule has 0 aliphatic rings. The van der Waals surface area contributed by atoms with Gasteiger partial charge in [-0.3, -0.25) is 0 Å². The summed E-state index contributed by atoms with van der Waals surface area (Å²) in [5.74, 6) is 1.43. The minimum Gasteiger partial charge on any atom is -0.493 e. The van der Waals surface area contributed by atoms with Crippen LogP contribution in [0, 0.1) is 0 Å². The summed E-state index contributed by atoms with van der Waals surface area (Å²) in [7, 11) is 1.65. The van der Waals surface area contributed by atoms with Crippen molar-refractivity contribution >= 4 is 23.2 Å². The Balaban J connectivity index is 2.02. The number of ether oxygens (including phenoxy) is 2. The number of hydrogen-bond donors (Lipinski definition) is 1. The summed E-state index contributed by atoms with van der Waals surface area (Å²) < 4.78 is 11.3. The Kier molecular flexibility index (Phi) is 7.22. The van der Waals surface area contributed by atoms with Gasteiger partial charge in [-0.1, -0.05) is 42.3 Å². The van der Waals surface area contributed by atoms with Crippen LogP contribution in [0.4, 0.5) is 0 Å². The molecule has 0 spiro atoms. The molecule has 0 saturated heterocycles. The van der Waals surface area contributed by atoms with E-state index >= 15 is 0 Å². The number of rotatable bonds is 8. The van der Waals surface area contributed by atoms with Gasteiger partial charge in [-0.25, -0.2) is 0 Å². The predicted molar refractivity (Wildman–Crippen MR) is 100 cm³/mol. The predicted octanol–water partition coefficient (Wildman–Crippen LogP) is 5.47. The molecular weight excluding hydrogens is 345 g/mol. The van der Waals surface area contributed by atoms with Crippen LogP contribution in [0.5, 0.6) is 11.5 Å². The molecule has 24 heavy (non-hydrogen) atoms. The third kappa shape index (κ3) is 5.30. The van der Waals surface area contributed by atoms with Crippen LogP contribution in [0.3, 0.4) is 0 Å². The fourth-order valence-corrected chi connectivity index (χ4v) is 2.49. The van der Waals surface area contributed by atoms with E-state index in [0.29, 0.717) is 28.4 Å². The summed E-state index contributed by atoms with van der Waals surface area (Å²) in [5.41, 5.74) is 2.11. The molecule has 1 unspecified atom stereocenters. The summed E-state index contributed by atoms with van der Waals surface area (Å²) in [4.78, 5) is 0. The van der Waals surface area contributed by atoms with Crippen molar-refractivity contribution in [1.29, 1.82) is 0 Å². The van der Waals surface area contributed by atoms with E-state index in [0.717, 1.165) is 29.8 Å². The van der Waals surface area contributed by atoms with Crippen molar-refractivity contribution in [3.63, 3.8) is 0 Å². The van der Waals surface area contributed by atoms with Gasteiger partial charge in [0.25, 0.3) is 0 Å². The number of methoxy groups -OCH3 is 1. The molecule has 0 aromatic heterocycles. The second-order valence-corrected chi connectivity index (χ2v) is 6.53. The smallest absolute Gasteiger partial charge is 0.161 e. The van der Waals surface area contributed by atoms with E-state index in [-0.39, 0.29) is 0 Å². The lowest BCUT2D eigenvalue weighted by Gasteiger charge is -2.14. The second-order valence-electron chi connectivity index (χ2n) is 5.71. The molecule has 0 bridgehead atoms. The van der Waals surface area contributed by atoms with Crippen LogP contribution in [0.1, 0.15) is 31.4 Å². The minimum absolute atomic E-state index is 0.401. The Morgan fingerprint density at radius 3 is 2.42 bits per heavy atom. The number of halogens is 2. The minimum atomic E-state index is 0.401. The summed E-state index contributed by atoms with van der Waals surface area (Å²) >= 11 is 12.0. The molecule has 130 valence electrons. The monoisotopic (exact) mass is 367 g/mol. The van der Waals surface area contributed by atoms with E-state index in [2.05, 4.69) is 19.2 Å². The Morgan fingerprint density at radius 2 is 1.75 bits per heavy atom. The highest BCUT2D eigenvalue weighted by atomic mass is 35.5. The van der Waals surface area contributed by atoms with Crippen molar-refractivity contribution in [3.8, 4) is 11.5 Å². The fourth-order valence-electron chi connectivity index (χ4n) is 2.17. The topological polar surface area (TPSA) is 30.5 Å². The zero-order valence-electron chi connectivity index (χ0n) is 14.2. The summed E-state index contributed by atoms with van der Waals surface area (Å²) in [6.45, 7) is 5.54. The van der Waals surface area contributed by atoms with Crippen molar-refractivity contribution in [1.82, 2.24) is 5.32 Å². The largest absolute Gasteiger partial charge is 0.493 e. The molecule has 0 aliphatic carbocycles. The first kappa shape index (κ1) is 18.9. The molecule has 2 aromatic carbocycles. The van der Waals surface area contributed by atoms with Crippen LogP contribution < -0.4 is 14.8 Å². The lowest BCUT2D eigenvalue weighted by molar-refractivity contribution is 0.284. The average Bonchev–Trinajstić information content (AvgIpc) is 2.60. The lowest BCUT2D eigenvalue weighted by atomic mass is 10.1. The van der Waals surface area contributed by atoms with Crippen LogP contribution in [0.2, 0.25) is 10.0 Å². The molecule has 1 N–H and O–H groups in total. The second kappa shape index (κ2) is 9.16. The highest BCUT2D eigenvalue weighted by molar-refractivity contribution is 6.42. The molecule has 0 amide bonds. The van der Waals surface area contributed by atoms with E-state index in [4.69, 9.17) is 32.7 Å². The molecule has 5 heteroatoms. The molecule has 1 atom stereocenters. The van der Waals surface area contributed by atoms with Gasteiger partial charge in [0.1, 0.15) is 6.61 Å². The normalized spacial score (nSPS) is 12.0. The Bertz CT molecular complexity index is 676.